The minimum absolute atomic E-state index is 1.01. The average Bonchev–Trinajstić information content (AvgIpc) is 2.45. The van der Waals surface area contributed by atoms with E-state index in [9.17, 15) is 0 Å². The summed E-state index contributed by atoms with van der Waals surface area (Å²) in [6, 6.07) is 16.8. The number of anilines is 1. The molecule has 1 aliphatic rings. The molecular formula is C16H16N2S. The molecule has 0 fully saturated rings. The van der Waals surface area contributed by atoms with Crippen molar-refractivity contribution in [3.05, 3.63) is 59.7 Å². The van der Waals surface area contributed by atoms with Crippen LogP contribution < -0.4 is 5.43 Å². The van der Waals surface area contributed by atoms with Crippen molar-refractivity contribution in [2.75, 3.05) is 11.2 Å². The summed E-state index contributed by atoms with van der Waals surface area (Å²) < 4.78 is 0. The fraction of sp³-hybridized carbons (Fsp3) is 0.188. The molecule has 0 radical (unpaired) electrons. The molecule has 0 saturated carbocycles. The van der Waals surface area contributed by atoms with Crippen LogP contribution >= 0.6 is 11.8 Å². The van der Waals surface area contributed by atoms with Crippen LogP contribution in [0.2, 0.25) is 0 Å². The van der Waals surface area contributed by atoms with E-state index in [0.29, 0.717) is 0 Å². The van der Waals surface area contributed by atoms with Crippen LogP contribution in [0.15, 0.2) is 58.5 Å². The first-order chi connectivity index (χ1) is 9.33. The molecule has 0 aliphatic carbocycles. The number of hydrogen-bond donors (Lipinski definition) is 1. The summed E-state index contributed by atoms with van der Waals surface area (Å²) in [5.74, 6) is 1.10. The Morgan fingerprint density at radius 2 is 2.00 bits per heavy atom. The van der Waals surface area contributed by atoms with Crippen molar-refractivity contribution in [3.63, 3.8) is 0 Å². The molecule has 3 rings (SSSR count). The number of nitrogens with one attached hydrogen (secondary N) is 1. The van der Waals surface area contributed by atoms with E-state index in [1.165, 1.54) is 16.0 Å². The zero-order chi connectivity index (χ0) is 13.1. The minimum Gasteiger partial charge on any atom is -0.278 e. The second-order valence-electron chi connectivity index (χ2n) is 4.63. The molecule has 1 N–H and O–H groups in total. The number of thioether (sulfide) groups is 1. The van der Waals surface area contributed by atoms with Gasteiger partial charge < -0.3 is 0 Å². The number of rotatable bonds is 2. The average molecular weight is 268 g/mol. The monoisotopic (exact) mass is 268 g/mol. The molecule has 2 aromatic rings. The second-order valence-corrected chi connectivity index (χ2v) is 5.77. The Bertz CT molecular complexity index is 620. The van der Waals surface area contributed by atoms with E-state index in [2.05, 4.69) is 53.8 Å². The normalized spacial score (nSPS) is 16.2. The summed E-state index contributed by atoms with van der Waals surface area (Å²) in [5, 5.41) is 4.59. The second kappa shape index (κ2) is 5.49. The maximum atomic E-state index is 4.59. The molecule has 19 heavy (non-hydrogen) atoms. The Hall–Kier alpha value is -1.74. The summed E-state index contributed by atoms with van der Waals surface area (Å²) in [6.07, 6.45) is 1.01. The zero-order valence-corrected chi connectivity index (χ0v) is 11.7. The van der Waals surface area contributed by atoms with Gasteiger partial charge in [0.05, 0.1) is 11.4 Å². The van der Waals surface area contributed by atoms with Gasteiger partial charge in [-0.15, -0.1) is 11.8 Å². The van der Waals surface area contributed by atoms with Crippen LogP contribution in [-0.2, 0) is 0 Å². The lowest BCUT2D eigenvalue weighted by Gasteiger charge is -2.17. The molecule has 0 unspecified atom stereocenters. The van der Waals surface area contributed by atoms with Crippen molar-refractivity contribution in [2.45, 2.75) is 18.2 Å². The molecule has 0 bridgehead atoms. The molecule has 2 aromatic carbocycles. The topological polar surface area (TPSA) is 24.4 Å². The van der Waals surface area contributed by atoms with Gasteiger partial charge in [-0.25, -0.2) is 0 Å². The first kappa shape index (κ1) is 12.3. The molecule has 1 heterocycles. The van der Waals surface area contributed by atoms with E-state index in [4.69, 9.17) is 0 Å². The highest BCUT2D eigenvalue weighted by Crippen LogP contribution is 2.30. The summed E-state index contributed by atoms with van der Waals surface area (Å²) in [6.45, 7) is 2.09. The highest BCUT2D eigenvalue weighted by molar-refractivity contribution is 7.99. The first-order valence-electron chi connectivity index (χ1n) is 6.44. The predicted octanol–water partition coefficient (Wildman–Crippen LogP) is 4.31. The smallest absolute Gasteiger partial charge is 0.0699 e. The van der Waals surface area contributed by atoms with Crippen LogP contribution in [0.25, 0.3) is 0 Å². The lowest BCUT2D eigenvalue weighted by Crippen LogP contribution is -2.11. The van der Waals surface area contributed by atoms with Gasteiger partial charge in [-0.3, -0.25) is 5.43 Å². The van der Waals surface area contributed by atoms with Crippen LogP contribution in [0.3, 0.4) is 0 Å². The zero-order valence-electron chi connectivity index (χ0n) is 10.9. The van der Waals surface area contributed by atoms with Crippen molar-refractivity contribution in [1.82, 2.24) is 0 Å². The Balaban J connectivity index is 1.85. The van der Waals surface area contributed by atoms with Crippen molar-refractivity contribution >= 4 is 23.2 Å². The predicted molar refractivity (Wildman–Crippen MR) is 83.1 cm³/mol. The largest absolute Gasteiger partial charge is 0.278 e. The number of aryl methyl sites for hydroxylation is 1. The summed E-state index contributed by atoms with van der Waals surface area (Å²) in [4.78, 5) is 1.33. The fourth-order valence-corrected chi connectivity index (χ4v) is 3.22. The van der Waals surface area contributed by atoms with Gasteiger partial charge >= 0.3 is 0 Å². The summed E-state index contributed by atoms with van der Waals surface area (Å²) in [5.41, 5.74) is 7.87. The number of fused-ring (bicyclic) bond motifs is 1. The van der Waals surface area contributed by atoms with E-state index < -0.39 is 0 Å². The van der Waals surface area contributed by atoms with Crippen LogP contribution in [-0.4, -0.2) is 11.5 Å². The quantitative estimate of drug-likeness (QED) is 0.821. The number of benzene rings is 2. The van der Waals surface area contributed by atoms with Crippen LogP contribution in [0.4, 0.5) is 5.69 Å². The lowest BCUT2D eigenvalue weighted by molar-refractivity contribution is 1.18. The van der Waals surface area contributed by atoms with Crippen molar-refractivity contribution in [1.29, 1.82) is 0 Å². The number of nitrogens with zero attached hydrogens (tertiary/aromatic N) is 1. The van der Waals surface area contributed by atoms with E-state index in [-0.39, 0.29) is 0 Å². The third-order valence-electron chi connectivity index (χ3n) is 3.13. The summed E-state index contributed by atoms with van der Waals surface area (Å²) in [7, 11) is 0. The maximum Gasteiger partial charge on any atom is 0.0699 e. The Labute approximate surface area is 117 Å². The Morgan fingerprint density at radius 1 is 1.11 bits per heavy atom. The number of hydrogen-bond acceptors (Lipinski definition) is 3. The van der Waals surface area contributed by atoms with E-state index in [1.54, 1.807) is 0 Å². The van der Waals surface area contributed by atoms with Gasteiger partial charge in [0, 0.05) is 22.6 Å². The molecular weight excluding hydrogens is 252 g/mol. The van der Waals surface area contributed by atoms with Gasteiger partial charge in [0.15, 0.2) is 0 Å². The number of hydrazone groups is 1. The van der Waals surface area contributed by atoms with Gasteiger partial charge in [0.25, 0.3) is 0 Å². The van der Waals surface area contributed by atoms with E-state index >= 15 is 0 Å². The van der Waals surface area contributed by atoms with Gasteiger partial charge in [-0.2, -0.15) is 5.10 Å². The Morgan fingerprint density at radius 3 is 2.89 bits per heavy atom. The minimum atomic E-state index is 1.01. The molecule has 1 aliphatic heterocycles. The van der Waals surface area contributed by atoms with Gasteiger partial charge in [0.2, 0.25) is 0 Å². The van der Waals surface area contributed by atoms with Crippen molar-refractivity contribution in [3.8, 4) is 0 Å². The molecule has 2 nitrogen and oxygen atoms in total. The molecule has 96 valence electrons. The molecule has 0 amide bonds. The first-order valence-corrected chi connectivity index (χ1v) is 7.43. The third kappa shape index (κ3) is 2.82. The lowest BCUT2D eigenvalue weighted by atomic mass is 10.1. The van der Waals surface area contributed by atoms with Gasteiger partial charge in [-0.1, -0.05) is 30.3 Å². The van der Waals surface area contributed by atoms with Crippen molar-refractivity contribution in [2.24, 2.45) is 5.10 Å². The van der Waals surface area contributed by atoms with Crippen molar-refractivity contribution < 1.29 is 0 Å². The van der Waals surface area contributed by atoms with Crippen LogP contribution in [0.5, 0.6) is 0 Å². The highest BCUT2D eigenvalue weighted by atomic mass is 32.2. The summed E-state index contributed by atoms with van der Waals surface area (Å²) >= 11 is 1.91. The molecule has 0 saturated heterocycles. The molecule has 3 heteroatoms. The van der Waals surface area contributed by atoms with Gasteiger partial charge in [-0.05, 0) is 30.7 Å². The third-order valence-corrected chi connectivity index (χ3v) is 4.21. The molecule has 0 spiro atoms. The fourth-order valence-electron chi connectivity index (χ4n) is 2.19. The van der Waals surface area contributed by atoms with E-state index in [1.807, 2.05) is 23.9 Å². The van der Waals surface area contributed by atoms with Crippen LogP contribution in [0, 0.1) is 6.92 Å². The molecule has 0 atom stereocenters. The van der Waals surface area contributed by atoms with Crippen LogP contribution in [0.1, 0.15) is 17.5 Å². The van der Waals surface area contributed by atoms with Gasteiger partial charge in [0.1, 0.15) is 0 Å². The maximum absolute atomic E-state index is 4.59. The molecule has 0 aromatic heterocycles. The van der Waals surface area contributed by atoms with E-state index in [0.717, 1.165) is 23.6 Å². The Kier molecular flexibility index (Phi) is 3.56. The SMILES string of the molecule is Cc1cccc(N/N=C2\CCSc3ccccc32)c1. The highest BCUT2D eigenvalue weighted by Gasteiger charge is 2.15. The standard InChI is InChI=1S/C16H16N2S/c1-12-5-4-6-13(11-12)17-18-15-9-10-19-16-8-3-2-7-14(15)16/h2-8,11,17H,9-10H2,1H3/b18-15+.